The largest absolute Gasteiger partial charge is 0.396 e. The highest BCUT2D eigenvalue weighted by molar-refractivity contribution is 5.34. The molecule has 2 aliphatic rings. The van der Waals surface area contributed by atoms with Gasteiger partial charge in [-0.3, -0.25) is 4.90 Å². The number of nitrogens with zero attached hydrogens (tertiary/aromatic N) is 1. The van der Waals surface area contributed by atoms with E-state index in [2.05, 4.69) is 23.1 Å². The Morgan fingerprint density at radius 2 is 1.91 bits per heavy atom. The number of benzene rings is 1. The number of aliphatic hydroxyl groups is 2. The number of piperidine rings is 1. The molecule has 0 aromatic heterocycles. The molecule has 1 saturated heterocycles. The van der Waals surface area contributed by atoms with Crippen LogP contribution in [-0.4, -0.2) is 40.9 Å². The summed E-state index contributed by atoms with van der Waals surface area (Å²) in [5.74, 6) is 0. The Labute approximate surface area is 134 Å². The molecule has 1 aliphatic carbocycles. The maximum Gasteiger partial charge on any atom is 0.0917 e. The van der Waals surface area contributed by atoms with Gasteiger partial charge >= 0.3 is 0 Å². The first-order valence-corrected chi connectivity index (χ1v) is 8.92. The summed E-state index contributed by atoms with van der Waals surface area (Å²) in [5, 5.41) is 19.9. The lowest BCUT2D eigenvalue weighted by atomic mass is 9.89. The molecular weight excluding hydrogens is 274 g/mol. The summed E-state index contributed by atoms with van der Waals surface area (Å²) in [6.45, 7) is 1.99. The number of aliphatic hydroxyl groups excluding tert-OH is 2. The average Bonchev–Trinajstić information content (AvgIpc) is 2.56. The van der Waals surface area contributed by atoms with Crippen LogP contribution in [0.15, 0.2) is 18.2 Å². The molecule has 1 fully saturated rings. The monoisotopic (exact) mass is 303 g/mol. The Hall–Kier alpha value is -0.900. The first kappa shape index (κ1) is 16.0. The molecule has 0 saturated carbocycles. The van der Waals surface area contributed by atoms with Crippen LogP contribution in [0.5, 0.6) is 0 Å². The molecule has 1 aromatic carbocycles. The molecule has 1 aromatic rings. The maximum atomic E-state index is 10.7. The van der Waals surface area contributed by atoms with E-state index in [4.69, 9.17) is 0 Å². The number of fused-ring (bicyclic) bond motifs is 1. The lowest BCUT2D eigenvalue weighted by Crippen LogP contribution is -2.42. The summed E-state index contributed by atoms with van der Waals surface area (Å²) in [5.41, 5.74) is 3.97. The number of hydrogen-bond acceptors (Lipinski definition) is 3. The SMILES string of the molecule is OCCC1CCCCN1CC(O)c1ccc2c(c1)CCCC2. The summed E-state index contributed by atoms with van der Waals surface area (Å²) in [6, 6.07) is 6.99. The fraction of sp³-hybridized carbons (Fsp3) is 0.684. The fourth-order valence-electron chi connectivity index (χ4n) is 4.06. The molecule has 0 amide bonds. The molecule has 0 spiro atoms. The molecule has 2 unspecified atom stereocenters. The van der Waals surface area contributed by atoms with E-state index in [0.717, 1.165) is 31.4 Å². The van der Waals surface area contributed by atoms with Crippen LogP contribution in [0.2, 0.25) is 0 Å². The van der Waals surface area contributed by atoms with E-state index in [9.17, 15) is 10.2 Å². The van der Waals surface area contributed by atoms with Gasteiger partial charge in [0.2, 0.25) is 0 Å². The van der Waals surface area contributed by atoms with Crippen LogP contribution >= 0.6 is 0 Å². The molecule has 2 N–H and O–H groups in total. The zero-order chi connectivity index (χ0) is 15.4. The van der Waals surface area contributed by atoms with Crippen molar-refractivity contribution in [1.82, 2.24) is 4.90 Å². The Kier molecular flexibility index (Phi) is 5.51. The van der Waals surface area contributed by atoms with Crippen molar-refractivity contribution in [2.24, 2.45) is 0 Å². The number of hydrogen-bond donors (Lipinski definition) is 2. The van der Waals surface area contributed by atoms with Crippen LogP contribution in [-0.2, 0) is 12.8 Å². The van der Waals surface area contributed by atoms with Crippen LogP contribution in [0.1, 0.15) is 61.3 Å². The minimum absolute atomic E-state index is 0.246. The van der Waals surface area contributed by atoms with E-state index in [1.165, 1.54) is 43.2 Å². The molecule has 3 nitrogen and oxygen atoms in total. The quantitative estimate of drug-likeness (QED) is 0.879. The molecule has 122 valence electrons. The van der Waals surface area contributed by atoms with Gasteiger partial charge in [0.1, 0.15) is 0 Å². The van der Waals surface area contributed by atoms with Crippen molar-refractivity contribution in [1.29, 1.82) is 0 Å². The van der Waals surface area contributed by atoms with E-state index >= 15 is 0 Å². The van der Waals surface area contributed by atoms with Crippen molar-refractivity contribution in [3.05, 3.63) is 34.9 Å². The first-order chi connectivity index (χ1) is 10.8. The number of β-amino-alcohol motifs (C(OH)–C–C–N with tert-alkyl or cyclic N) is 1. The van der Waals surface area contributed by atoms with Gasteiger partial charge in [0.25, 0.3) is 0 Å². The highest BCUT2D eigenvalue weighted by atomic mass is 16.3. The van der Waals surface area contributed by atoms with Crippen molar-refractivity contribution < 1.29 is 10.2 Å². The zero-order valence-electron chi connectivity index (χ0n) is 13.5. The van der Waals surface area contributed by atoms with Crippen LogP contribution < -0.4 is 0 Å². The van der Waals surface area contributed by atoms with E-state index in [1.54, 1.807) is 0 Å². The second-order valence-electron chi connectivity index (χ2n) is 6.91. The molecule has 3 heteroatoms. The summed E-state index contributed by atoms with van der Waals surface area (Å²) < 4.78 is 0. The Bertz CT molecular complexity index is 486. The lowest BCUT2D eigenvalue weighted by molar-refractivity contribution is 0.0564. The van der Waals surface area contributed by atoms with E-state index in [1.807, 2.05) is 0 Å². The molecule has 22 heavy (non-hydrogen) atoms. The second kappa shape index (κ2) is 7.58. The molecule has 0 bridgehead atoms. The standard InChI is InChI=1S/C19H29NO2/c21-12-10-18-7-3-4-11-20(18)14-19(22)17-9-8-15-5-1-2-6-16(15)13-17/h8-9,13,18-19,21-22H,1-7,10-12,14H2. The average molecular weight is 303 g/mol. The molecule has 3 rings (SSSR count). The minimum atomic E-state index is -0.411. The van der Waals surface area contributed by atoms with Gasteiger partial charge in [-0.25, -0.2) is 0 Å². The van der Waals surface area contributed by atoms with Gasteiger partial charge in [0, 0.05) is 19.2 Å². The smallest absolute Gasteiger partial charge is 0.0917 e. The van der Waals surface area contributed by atoms with Gasteiger partial charge in [-0.15, -0.1) is 0 Å². The van der Waals surface area contributed by atoms with Crippen LogP contribution in [0.25, 0.3) is 0 Å². The van der Waals surface area contributed by atoms with Gasteiger partial charge in [0.15, 0.2) is 0 Å². The highest BCUT2D eigenvalue weighted by Crippen LogP contribution is 2.27. The molecule has 2 atom stereocenters. The van der Waals surface area contributed by atoms with Crippen LogP contribution in [0.4, 0.5) is 0 Å². The van der Waals surface area contributed by atoms with Crippen LogP contribution in [0.3, 0.4) is 0 Å². The molecular formula is C19H29NO2. The summed E-state index contributed by atoms with van der Waals surface area (Å²) in [6.07, 6.45) is 8.95. The first-order valence-electron chi connectivity index (χ1n) is 8.92. The summed E-state index contributed by atoms with van der Waals surface area (Å²) in [4.78, 5) is 2.38. The predicted octanol–water partition coefficient (Wildman–Crippen LogP) is 2.84. The second-order valence-corrected chi connectivity index (χ2v) is 6.91. The number of likely N-dealkylation sites (tertiary alicyclic amines) is 1. The summed E-state index contributed by atoms with van der Waals surface area (Å²) in [7, 11) is 0. The van der Waals surface area contributed by atoms with Gasteiger partial charge in [0.05, 0.1) is 6.10 Å². The zero-order valence-corrected chi connectivity index (χ0v) is 13.5. The third kappa shape index (κ3) is 3.70. The van der Waals surface area contributed by atoms with Crippen molar-refractivity contribution in [3.63, 3.8) is 0 Å². The Morgan fingerprint density at radius 1 is 1.09 bits per heavy atom. The Balaban J connectivity index is 1.66. The van der Waals surface area contributed by atoms with Crippen molar-refractivity contribution in [2.45, 2.75) is 63.5 Å². The van der Waals surface area contributed by atoms with Crippen molar-refractivity contribution in [3.8, 4) is 0 Å². The third-order valence-electron chi connectivity index (χ3n) is 5.38. The van der Waals surface area contributed by atoms with Gasteiger partial charge < -0.3 is 10.2 Å². The third-order valence-corrected chi connectivity index (χ3v) is 5.38. The van der Waals surface area contributed by atoms with Crippen LogP contribution in [0, 0.1) is 0 Å². The molecule has 1 heterocycles. The molecule has 0 radical (unpaired) electrons. The van der Waals surface area contributed by atoms with Gasteiger partial charge in [-0.05, 0) is 68.2 Å². The van der Waals surface area contributed by atoms with E-state index in [0.29, 0.717) is 12.6 Å². The topological polar surface area (TPSA) is 43.7 Å². The number of rotatable bonds is 5. The van der Waals surface area contributed by atoms with E-state index < -0.39 is 6.10 Å². The fourth-order valence-corrected chi connectivity index (χ4v) is 4.06. The summed E-state index contributed by atoms with van der Waals surface area (Å²) >= 11 is 0. The van der Waals surface area contributed by atoms with Gasteiger partial charge in [-0.2, -0.15) is 0 Å². The Morgan fingerprint density at radius 3 is 2.73 bits per heavy atom. The molecule has 1 aliphatic heterocycles. The highest BCUT2D eigenvalue weighted by Gasteiger charge is 2.24. The minimum Gasteiger partial charge on any atom is -0.396 e. The normalized spacial score (nSPS) is 24.0. The lowest BCUT2D eigenvalue weighted by Gasteiger charge is -2.36. The van der Waals surface area contributed by atoms with Crippen molar-refractivity contribution in [2.75, 3.05) is 19.7 Å². The van der Waals surface area contributed by atoms with E-state index in [-0.39, 0.29) is 6.61 Å². The predicted molar refractivity (Wildman–Crippen MR) is 89.0 cm³/mol. The maximum absolute atomic E-state index is 10.7. The van der Waals surface area contributed by atoms with Crippen molar-refractivity contribution >= 4 is 0 Å². The van der Waals surface area contributed by atoms with Gasteiger partial charge in [-0.1, -0.05) is 24.6 Å². The number of aryl methyl sites for hydroxylation is 2.